The predicted octanol–water partition coefficient (Wildman–Crippen LogP) is 2.76. The molecule has 0 aliphatic carbocycles. The van der Waals surface area contributed by atoms with Gasteiger partial charge in [0.2, 0.25) is 5.91 Å². The molecule has 2 heterocycles. The molecule has 1 amide bonds. The molecular weight excluding hydrogens is 292 g/mol. The van der Waals surface area contributed by atoms with Gasteiger partial charge in [0.05, 0.1) is 6.04 Å². The maximum atomic E-state index is 12.5. The first kappa shape index (κ1) is 15.0. The summed E-state index contributed by atoms with van der Waals surface area (Å²) in [5, 5.41) is 3.89. The van der Waals surface area contributed by atoms with E-state index in [1.165, 1.54) is 6.26 Å². The van der Waals surface area contributed by atoms with E-state index in [4.69, 9.17) is 4.52 Å². The molecule has 6 heteroatoms. The minimum Gasteiger partial charge on any atom is -0.364 e. The molecule has 118 valence electrons. The van der Waals surface area contributed by atoms with Crippen molar-refractivity contribution in [2.75, 3.05) is 7.05 Å². The normalized spacial score (nSPS) is 12.1. The molecule has 0 aliphatic heterocycles. The van der Waals surface area contributed by atoms with E-state index < -0.39 is 0 Å². The zero-order valence-electron chi connectivity index (χ0n) is 13.1. The fourth-order valence-electron chi connectivity index (χ4n) is 2.39. The van der Waals surface area contributed by atoms with E-state index in [1.807, 2.05) is 48.0 Å². The average molecular weight is 310 g/mol. The Bertz CT molecular complexity index is 765. The van der Waals surface area contributed by atoms with E-state index in [0.717, 1.165) is 17.1 Å². The van der Waals surface area contributed by atoms with E-state index in [1.54, 1.807) is 24.2 Å². The molecule has 23 heavy (non-hydrogen) atoms. The Kier molecular flexibility index (Phi) is 4.23. The summed E-state index contributed by atoms with van der Waals surface area (Å²) in [4.78, 5) is 18.6. The van der Waals surface area contributed by atoms with Gasteiger partial charge in [0.25, 0.3) is 0 Å². The van der Waals surface area contributed by atoms with E-state index >= 15 is 0 Å². The van der Waals surface area contributed by atoms with Gasteiger partial charge in [-0.3, -0.25) is 4.79 Å². The van der Waals surface area contributed by atoms with Gasteiger partial charge in [-0.15, -0.1) is 0 Å². The van der Waals surface area contributed by atoms with E-state index in [-0.39, 0.29) is 18.5 Å². The third-order valence-corrected chi connectivity index (χ3v) is 3.91. The molecule has 0 bridgehead atoms. The number of amides is 1. The third kappa shape index (κ3) is 3.15. The molecule has 3 aromatic rings. The van der Waals surface area contributed by atoms with Crippen LogP contribution in [0, 0.1) is 0 Å². The highest BCUT2D eigenvalue weighted by Gasteiger charge is 2.20. The second kappa shape index (κ2) is 6.48. The molecular formula is C17H18N4O2. The van der Waals surface area contributed by atoms with Gasteiger partial charge < -0.3 is 14.0 Å². The van der Waals surface area contributed by atoms with E-state index in [0.29, 0.717) is 0 Å². The number of nitrogens with zero attached hydrogens (tertiary/aromatic N) is 4. The average Bonchev–Trinajstić information content (AvgIpc) is 3.26. The second-order valence-corrected chi connectivity index (χ2v) is 5.35. The van der Waals surface area contributed by atoms with Crippen molar-refractivity contribution in [2.45, 2.75) is 19.5 Å². The number of imidazole rings is 1. The zero-order valence-corrected chi connectivity index (χ0v) is 13.1. The van der Waals surface area contributed by atoms with Crippen LogP contribution >= 0.6 is 0 Å². The maximum absolute atomic E-state index is 12.5. The lowest BCUT2D eigenvalue weighted by atomic mass is 10.2. The summed E-state index contributed by atoms with van der Waals surface area (Å²) in [6.45, 7) is 2.14. The summed E-state index contributed by atoms with van der Waals surface area (Å²) in [7, 11) is 1.76. The molecule has 0 radical (unpaired) electrons. The van der Waals surface area contributed by atoms with Crippen LogP contribution in [-0.2, 0) is 11.3 Å². The maximum Gasteiger partial charge on any atom is 0.242 e. The second-order valence-electron chi connectivity index (χ2n) is 5.35. The van der Waals surface area contributed by atoms with Crippen LogP contribution in [0.2, 0.25) is 0 Å². The van der Waals surface area contributed by atoms with E-state index in [9.17, 15) is 4.79 Å². The zero-order chi connectivity index (χ0) is 16.2. The number of benzene rings is 1. The van der Waals surface area contributed by atoms with Gasteiger partial charge >= 0.3 is 0 Å². The van der Waals surface area contributed by atoms with Gasteiger partial charge in [0, 0.05) is 31.1 Å². The first-order valence-corrected chi connectivity index (χ1v) is 7.39. The number of rotatable bonds is 5. The molecule has 3 rings (SSSR count). The van der Waals surface area contributed by atoms with Crippen LogP contribution in [0.15, 0.2) is 59.6 Å². The summed E-state index contributed by atoms with van der Waals surface area (Å²) in [5.41, 5.74) is 1.72. The molecule has 1 atom stereocenters. The van der Waals surface area contributed by atoms with Gasteiger partial charge in [0.1, 0.15) is 24.3 Å². The van der Waals surface area contributed by atoms with Crippen molar-refractivity contribution in [3.8, 4) is 11.4 Å². The van der Waals surface area contributed by atoms with Crippen molar-refractivity contribution >= 4 is 5.91 Å². The molecule has 0 aliphatic rings. The topological polar surface area (TPSA) is 64.2 Å². The summed E-state index contributed by atoms with van der Waals surface area (Å²) >= 11 is 0. The van der Waals surface area contributed by atoms with Gasteiger partial charge in [-0.05, 0) is 6.92 Å². The molecule has 1 unspecified atom stereocenters. The van der Waals surface area contributed by atoms with Crippen LogP contribution in [0.3, 0.4) is 0 Å². The van der Waals surface area contributed by atoms with Gasteiger partial charge in [-0.2, -0.15) is 0 Å². The van der Waals surface area contributed by atoms with Gasteiger partial charge in [-0.25, -0.2) is 4.98 Å². The van der Waals surface area contributed by atoms with Crippen molar-refractivity contribution < 1.29 is 9.32 Å². The standard InChI is InChI=1S/C17H18N4O2/c1-13(15-8-11-23-19-15)20(2)16(22)12-21-10-9-18-17(21)14-6-4-3-5-7-14/h3-11,13H,12H2,1-2H3. The largest absolute Gasteiger partial charge is 0.364 e. The molecule has 0 saturated carbocycles. The Balaban J connectivity index is 1.75. The minimum absolute atomic E-state index is 0.0179. The Morgan fingerprint density at radius 2 is 2.09 bits per heavy atom. The number of carbonyl (C=O) groups is 1. The summed E-state index contributed by atoms with van der Waals surface area (Å²) in [6, 6.07) is 11.4. The number of hydrogen-bond acceptors (Lipinski definition) is 4. The van der Waals surface area contributed by atoms with Crippen molar-refractivity contribution in [3.05, 3.63) is 60.7 Å². The predicted molar refractivity (Wildman–Crippen MR) is 85.4 cm³/mol. The number of hydrogen-bond donors (Lipinski definition) is 0. The summed E-state index contributed by atoms with van der Waals surface area (Å²) < 4.78 is 6.70. The highest BCUT2D eigenvalue weighted by Crippen LogP contribution is 2.19. The fourth-order valence-corrected chi connectivity index (χ4v) is 2.39. The third-order valence-electron chi connectivity index (χ3n) is 3.91. The van der Waals surface area contributed by atoms with Crippen LogP contribution in [0.5, 0.6) is 0 Å². The molecule has 1 aromatic carbocycles. The molecule has 0 fully saturated rings. The SMILES string of the molecule is CC(c1ccon1)N(C)C(=O)Cn1ccnc1-c1ccccc1. The number of likely N-dealkylation sites (N-methyl/N-ethyl adjacent to an activating group) is 1. The van der Waals surface area contributed by atoms with Crippen LogP contribution in [0.4, 0.5) is 0 Å². The van der Waals surface area contributed by atoms with E-state index in [2.05, 4.69) is 10.1 Å². The Morgan fingerprint density at radius 1 is 1.30 bits per heavy atom. The van der Waals surface area contributed by atoms with Crippen molar-refractivity contribution in [1.82, 2.24) is 19.6 Å². The first-order chi connectivity index (χ1) is 11.2. The van der Waals surface area contributed by atoms with Crippen LogP contribution in [0.1, 0.15) is 18.7 Å². The van der Waals surface area contributed by atoms with Crippen LogP contribution in [-0.4, -0.2) is 32.6 Å². The smallest absolute Gasteiger partial charge is 0.242 e. The summed E-state index contributed by atoms with van der Waals surface area (Å²) in [6.07, 6.45) is 5.03. The van der Waals surface area contributed by atoms with Crippen LogP contribution in [0.25, 0.3) is 11.4 Å². The van der Waals surface area contributed by atoms with Crippen LogP contribution < -0.4 is 0 Å². The first-order valence-electron chi connectivity index (χ1n) is 7.39. The Morgan fingerprint density at radius 3 is 2.78 bits per heavy atom. The quantitative estimate of drug-likeness (QED) is 0.727. The lowest BCUT2D eigenvalue weighted by Crippen LogP contribution is -2.32. The lowest BCUT2D eigenvalue weighted by molar-refractivity contribution is -0.132. The Hall–Kier alpha value is -2.89. The molecule has 0 saturated heterocycles. The highest BCUT2D eigenvalue weighted by atomic mass is 16.5. The van der Waals surface area contributed by atoms with Gasteiger partial charge in [0.15, 0.2) is 0 Å². The lowest BCUT2D eigenvalue weighted by Gasteiger charge is -2.23. The number of carbonyl (C=O) groups excluding carboxylic acids is 1. The molecule has 0 N–H and O–H groups in total. The van der Waals surface area contributed by atoms with Gasteiger partial charge in [-0.1, -0.05) is 35.5 Å². The number of aromatic nitrogens is 3. The monoisotopic (exact) mass is 310 g/mol. The Labute approximate surface area is 134 Å². The summed E-state index contributed by atoms with van der Waals surface area (Å²) in [5.74, 6) is 0.761. The van der Waals surface area contributed by atoms with Crippen molar-refractivity contribution in [3.63, 3.8) is 0 Å². The fraction of sp³-hybridized carbons (Fsp3) is 0.235. The van der Waals surface area contributed by atoms with Crippen molar-refractivity contribution in [2.24, 2.45) is 0 Å². The molecule has 6 nitrogen and oxygen atoms in total. The molecule has 0 spiro atoms. The van der Waals surface area contributed by atoms with Crippen molar-refractivity contribution in [1.29, 1.82) is 0 Å². The highest BCUT2D eigenvalue weighted by molar-refractivity contribution is 5.77. The molecule has 2 aromatic heterocycles. The minimum atomic E-state index is -0.148.